The fourth-order valence-electron chi connectivity index (χ4n) is 2.17. The summed E-state index contributed by atoms with van der Waals surface area (Å²) in [6, 6.07) is -0.772. The molecule has 3 atom stereocenters. The summed E-state index contributed by atoms with van der Waals surface area (Å²) < 4.78 is 0. The summed E-state index contributed by atoms with van der Waals surface area (Å²) in [4.78, 5) is 34.1. The summed E-state index contributed by atoms with van der Waals surface area (Å²) in [5.41, 5.74) is 0. The number of amides is 2. The Morgan fingerprint density at radius 1 is 1.32 bits per heavy atom. The number of carboxylic acid groups (broad SMARTS) is 1. The summed E-state index contributed by atoms with van der Waals surface area (Å²) in [7, 11) is 0. The van der Waals surface area contributed by atoms with Crippen molar-refractivity contribution in [2.75, 3.05) is 6.54 Å². The molecule has 2 fully saturated rings. The average molecular weight is 268 g/mol. The Morgan fingerprint density at radius 3 is 2.42 bits per heavy atom. The Hall–Kier alpha value is -1.59. The molecule has 6 nitrogen and oxygen atoms in total. The molecular weight excluding hydrogens is 248 g/mol. The maximum absolute atomic E-state index is 11.6. The summed E-state index contributed by atoms with van der Waals surface area (Å²) in [5.74, 6) is -0.683. The molecule has 2 aliphatic rings. The van der Waals surface area contributed by atoms with Gasteiger partial charge in [0, 0.05) is 18.9 Å². The number of aliphatic carboxylic acids is 1. The highest BCUT2D eigenvalue weighted by Gasteiger charge is 2.39. The van der Waals surface area contributed by atoms with Crippen LogP contribution >= 0.6 is 0 Å². The van der Waals surface area contributed by atoms with E-state index in [-0.39, 0.29) is 36.6 Å². The molecule has 2 rings (SSSR count). The van der Waals surface area contributed by atoms with Crippen LogP contribution in [-0.4, -0.2) is 35.5 Å². The Kier molecular flexibility index (Phi) is 4.07. The van der Waals surface area contributed by atoms with Gasteiger partial charge in [-0.1, -0.05) is 6.92 Å². The van der Waals surface area contributed by atoms with Crippen molar-refractivity contribution in [2.45, 2.75) is 38.6 Å². The second-order valence-corrected chi connectivity index (χ2v) is 5.58. The van der Waals surface area contributed by atoms with Crippen molar-refractivity contribution < 1.29 is 19.5 Å². The smallest absolute Gasteiger partial charge is 0.326 e. The van der Waals surface area contributed by atoms with E-state index in [1.54, 1.807) is 0 Å². The van der Waals surface area contributed by atoms with Crippen LogP contribution in [0.1, 0.15) is 32.6 Å². The zero-order valence-electron chi connectivity index (χ0n) is 11.0. The van der Waals surface area contributed by atoms with E-state index in [0.29, 0.717) is 5.92 Å². The minimum Gasteiger partial charge on any atom is -0.480 e. The van der Waals surface area contributed by atoms with E-state index in [2.05, 4.69) is 10.6 Å². The first-order valence-corrected chi connectivity index (χ1v) is 6.79. The molecule has 19 heavy (non-hydrogen) atoms. The third-order valence-electron chi connectivity index (χ3n) is 3.77. The molecule has 6 heteroatoms. The summed E-state index contributed by atoms with van der Waals surface area (Å²) >= 11 is 0. The molecule has 106 valence electrons. The van der Waals surface area contributed by atoms with Crippen LogP contribution in [0, 0.1) is 17.8 Å². The van der Waals surface area contributed by atoms with Crippen LogP contribution in [-0.2, 0) is 14.4 Å². The van der Waals surface area contributed by atoms with Gasteiger partial charge >= 0.3 is 5.97 Å². The fourth-order valence-corrected chi connectivity index (χ4v) is 2.17. The second kappa shape index (κ2) is 5.59. The molecule has 0 saturated heterocycles. The number of hydrogen-bond donors (Lipinski definition) is 3. The van der Waals surface area contributed by atoms with Crippen LogP contribution in [0.4, 0.5) is 0 Å². The zero-order chi connectivity index (χ0) is 14.0. The molecule has 0 spiro atoms. The maximum Gasteiger partial charge on any atom is 0.326 e. The zero-order valence-corrected chi connectivity index (χ0v) is 11.0. The van der Waals surface area contributed by atoms with Crippen LogP contribution in [0.5, 0.6) is 0 Å². The van der Waals surface area contributed by atoms with Crippen molar-refractivity contribution in [3.05, 3.63) is 0 Å². The van der Waals surface area contributed by atoms with Gasteiger partial charge in [0.1, 0.15) is 6.04 Å². The van der Waals surface area contributed by atoms with E-state index in [1.807, 2.05) is 6.92 Å². The predicted molar refractivity (Wildman–Crippen MR) is 67.2 cm³/mol. The van der Waals surface area contributed by atoms with Crippen molar-refractivity contribution in [3.63, 3.8) is 0 Å². The molecule has 0 radical (unpaired) electrons. The van der Waals surface area contributed by atoms with E-state index in [0.717, 1.165) is 19.3 Å². The number of nitrogens with one attached hydrogen (secondary N) is 2. The van der Waals surface area contributed by atoms with Gasteiger partial charge < -0.3 is 15.7 Å². The predicted octanol–water partition coefficient (Wildman–Crippen LogP) is 0.128. The third-order valence-corrected chi connectivity index (χ3v) is 3.77. The lowest BCUT2D eigenvalue weighted by atomic mass is 10.2. The second-order valence-electron chi connectivity index (χ2n) is 5.58. The lowest BCUT2D eigenvalue weighted by Crippen LogP contribution is -2.43. The molecule has 3 N–H and O–H groups in total. The summed E-state index contributed by atoms with van der Waals surface area (Å²) in [6.45, 7) is 2.29. The molecule has 0 aromatic carbocycles. The van der Waals surface area contributed by atoms with Crippen molar-refractivity contribution in [1.82, 2.24) is 10.6 Å². The van der Waals surface area contributed by atoms with Crippen LogP contribution in [0.3, 0.4) is 0 Å². The Labute approximate surface area is 111 Å². The van der Waals surface area contributed by atoms with Gasteiger partial charge in [0.2, 0.25) is 11.8 Å². The highest BCUT2D eigenvalue weighted by molar-refractivity contribution is 5.85. The molecule has 2 aliphatic carbocycles. The molecule has 0 aliphatic heterocycles. The standard InChI is InChI=1S/C13H20N2O4/c1-7-6-9(7)12(17)14-5-4-10(16)15-11(13(18)19)8-2-3-8/h7-9,11H,2-6H2,1H3,(H,14,17)(H,15,16)(H,18,19). The molecule has 0 aromatic heterocycles. The minimum atomic E-state index is -0.980. The monoisotopic (exact) mass is 268 g/mol. The van der Waals surface area contributed by atoms with Gasteiger partial charge in [0.05, 0.1) is 0 Å². The number of carbonyl (C=O) groups is 3. The Bertz CT molecular complexity index is 392. The normalized spacial score (nSPS) is 26.4. The molecule has 0 heterocycles. The quantitative estimate of drug-likeness (QED) is 0.611. The van der Waals surface area contributed by atoms with Gasteiger partial charge in [-0.15, -0.1) is 0 Å². The largest absolute Gasteiger partial charge is 0.480 e. The number of carbonyl (C=O) groups excluding carboxylic acids is 2. The number of carboxylic acids is 1. The van der Waals surface area contributed by atoms with E-state index >= 15 is 0 Å². The Balaban J connectivity index is 1.63. The van der Waals surface area contributed by atoms with E-state index in [9.17, 15) is 14.4 Å². The van der Waals surface area contributed by atoms with Crippen molar-refractivity contribution in [3.8, 4) is 0 Å². The minimum absolute atomic E-state index is 0.00252. The molecule has 0 bridgehead atoms. The van der Waals surface area contributed by atoms with Gasteiger partial charge in [-0.05, 0) is 31.1 Å². The lowest BCUT2D eigenvalue weighted by Gasteiger charge is -2.13. The van der Waals surface area contributed by atoms with Crippen molar-refractivity contribution in [1.29, 1.82) is 0 Å². The van der Waals surface area contributed by atoms with Crippen LogP contribution < -0.4 is 10.6 Å². The van der Waals surface area contributed by atoms with Crippen molar-refractivity contribution >= 4 is 17.8 Å². The highest BCUT2D eigenvalue weighted by Crippen LogP contribution is 2.37. The fraction of sp³-hybridized carbons (Fsp3) is 0.769. The molecule has 2 saturated carbocycles. The Morgan fingerprint density at radius 2 is 1.95 bits per heavy atom. The molecule has 3 unspecified atom stereocenters. The SMILES string of the molecule is CC1CC1C(=O)NCCC(=O)NC(C(=O)O)C1CC1. The van der Waals surface area contributed by atoms with Crippen LogP contribution in [0.15, 0.2) is 0 Å². The van der Waals surface area contributed by atoms with Crippen LogP contribution in [0.2, 0.25) is 0 Å². The van der Waals surface area contributed by atoms with Gasteiger partial charge in [0.15, 0.2) is 0 Å². The van der Waals surface area contributed by atoms with Gasteiger partial charge in [-0.2, -0.15) is 0 Å². The van der Waals surface area contributed by atoms with Crippen molar-refractivity contribution in [2.24, 2.45) is 17.8 Å². The lowest BCUT2D eigenvalue weighted by molar-refractivity contribution is -0.142. The molecular formula is C13H20N2O4. The highest BCUT2D eigenvalue weighted by atomic mass is 16.4. The van der Waals surface area contributed by atoms with E-state index in [1.165, 1.54) is 0 Å². The maximum atomic E-state index is 11.6. The third kappa shape index (κ3) is 3.94. The number of hydrogen-bond acceptors (Lipinski definition) is 3. The van der Waals surface area contributed by atoms with Gasteiger partial charge in [-0.25, -0.2) is 4.79 Å². The first-order chi connectivity index (χ1) is 8.99. The average Bonchev–Trinajstić information content (AvgIpc) is 3.20. The topological polar surface area (TPSA) is 95.5 Å². The summed E-state index contributed by atoms with van der Waals surface area (Å²) in [6.07, 6.45) is 2.76. The molecule has 0 aromatic rings. The van der Waals surface area contributed by atoms with Gasteiger partial charge in [0.25, 0.3) is 0 Å². The van der Waals surface area contributed by atoms with E-state index < -0.39 is 12.0 Å². The van der Waals surface area contributed by atoms with E-state index in [4.69, 9.17) is 5.11 Å². The number of rotatable bonds is 7. The summed E-state index contributed by atoms with van der Waals surface area (Å²) in [5, 5.41) is 14.2. The first kappa shape index (κ1) is 13.8. The van der Waals surface area contributed by atoms with Crippen LogP contribution in [0.25, 0.3) is 0 Å². The first-order valence-electron chi connectivity index (χ1n) is 6.79. The van der Waals surface area contributed by atoms with Gasteiger partial charge in [-0.3, -0.25) is 9.59 Å². The molecule has 2 amide bonds.